The number of rotatable bonds is 4. The van der Waals surface area contributed by atoms with Gasteiger partial charge in [0.1, 0.15) is 5.82 Å². The molecular formula is C13H13FN2O4. The topological polar surface area (TPSA) is 101 Å². The van der Waals surface area contributed by atoms with Crippen LogP contribution in [0.3, 0.4) is 0 Å². The normalized spacial score (nSPS) is 19.9. The van der Waals surface area contributed by atoms with Crippen molar-refractivity contribution < 1.29 is 23.9 Å². The third-order valence-electron chi connectivity index (χ3n) is 3.31. The summed E-state index contributed by atoms with van der Waals surface area (Å²) < 4.78 is 13.7. The molecule has 3 N–H and O–H groups in total. The minimum absolute atomic E-state index is 0.112. The first-order chi connectivity index (χ1) is 9.41. The van der Waals surface area contributed by atoms with Crippen LogP contribution in [-0.4, -0.2) is 34.3 Å². The molecule has 1 aliphatic rings. The highest BCUT2D eigenvalue weighted by Gasteiger charge is 2.41. The monoisotopic (exact) mass is 280 g/mol. The quantitative estimate of drug-likeness (QED) is 0.827. The van der Waals surface area contributed by atoms with Crippen molar-refractivity contribution in [2.45, 2.75) is 12.5 Å². The van der Waals surface area contributed by atoms with E-state index in [9.17, 15) is 23.9 Å². The Morgan fingerprint density at radius 3 is 2.55 bits per heavy atom. The molecular weight excluding hydrogens is 267 g/mol. The van der Waals surface area contributed by atoms with Crippen molar-refractivity contribution in [2.75, 3.05) is 6.54 Å². The Kier molecular flexibility index (Phi) is 3.69. The van der Waals surface area contributed by atoms with Crippen LogP contribution >= 0.6 is 0 Å². The van der Waals surface area contributed by atoms with Crippen LogP contribution < -0.4 is 5.73 Å². The maximum absolute atomic E-state index is 13.7. The van der Waals surface area contributed by atoms with Crippen molar-refractivity contribution in [2.24, 2.45) is 11.7 Å². The first-order valence-electron chi connectivity index (χ1n) is 5.98. The van der Waals surface area contributed by atoms with Gasteiger partial charge in [0.15, 0.2) is 6.04 Å². The molecule has 0 aromatic heterocycles. The van der Waals surface area contributed by atoms with Gasteiger partial charge in [-0.3, -0.25) is 9.59 Å². The van der Waals surface area contributed by atoms with E-state index in [4.69, 9.17) is 5.73 Å². The van der Waals surface area contributed by atoms with Gasteiger partial charge in [0.25, 0.3) is 0 Å². The van der Waals surface area contributed by atoms with E-state index in [0.717, 1.165) is 11.0 Å². The Bertz CT molecular complexity index is 575. The summed E-state index contributed by atoms with van der Waals surface area (Å²) in [6.07, 6.45) is -0.145. The van der Waals surface area contributed by atoms with Gasteiger partial charge < -0.3 is 15.7 Å². The summed E-state index contributed by atoms with van der Waals surface area (Å²) in [5, 5.41) is 9.28. The third-order valence-corrected chi connectivity index (χ3v) is 3.31. The lowest BCUT2D eigenvalue weighted by Gasteiger charge is -2.25. The second-order valence-electron chi connectivity index (χ2n) is 4.61. The van der Waals surface area contributed by atoms with Crippen LogP contribution in [0.1, 0.15) is 18.0 Å². The smallest absolute Gasteiger partial charge is 0.331 e. The number of carboxylic acid groups (broad SMARTS) is 1. The zero-order chi connectivity index (χ0) is 14.9. The molecule has 1 fully saturated rings. The highest BCUT2D eigenvalue weighted by molar-refractivity contribution is 5.91. The Hall–Kier alpha value is -2.44. The number of carbonyl (C=O) groups excluding carboxylic acids is 2. The van der Waals surface area contributed by atoms with E-state index in [1.807, 2.05) is 0 Å². The average Bonchev–Trinajstić information content (AvgIpc) is 2.74. The molecule has 2 atom stereocenters. The molecule has 0 aliphatic carbocycles. The maximum atomic E-state index is 13.7. The Morgan fingerprint density at radius 1 is 1.40 bits per heavy atom. The fourth-order valence-electron chi connectivity index (χ4n) is 2.30. The maximum Gasteiger partial charge on any atom is 0.331 e. The highest BCUT2D eigenvalue weighted by atomic mass is 19.1. The molecule has 1 heterocycles. The lowest BCUT2D eigenvalue weighted by molar-refractivity contribution is -0.148. The van der Waals surface area contributed by atoms with Crippen molar-refractivity contribution >= 4 is 17.8 Å². The van der Waals surface area contributed by atoms with Crippen molar-refractivity contribution in [3.63, 3.8) is 0 Å². The number of likely N-dealkylation sites (tertiary alicyclic amines) is 1. The van der Waals surface area contributed by atoms with Crippen LogP contribution in [0.15, 0.2) is 24.3 Å². The zero-order valence-corrected chi connectivity index (χ0v) is 10.5. The molecule has 1 aliphatic heterocycles. The van der Waals surface area contributed by atoms with Crippen LogP contribution in [0, 0.1) is 11.7 Å². The Labute approximate surface area is 114 Å². The molecule has 20 heavy (non-hydrogen) atoms. The van der Waals surface area contributed by atoms with E-state index in [2.05, 4.69) is 0 Å². The predicted molar refractivity (Wildman–Crippen MR) is 65.8 cm³/mol. The molecule has 6 nitrogen and oxygen atoms in total. The number of hydrogen-bond donors (Lipinski definition) is 2. The second-order valence-corrected chi connectivity index (χ2v) is 4.61. The number of aliphatic carboxylic acids is 1. The molecule has 0 bridgehead atoms. The summed E-state index contributed by atoms with van der Waals surface area (Å²) in [6.45, 7) is -0.112. The van der Waals surface area contributed by atoms with Gasteiger partial charge in [0.05, 0.1) is 5.92 Å². The predicted octanol–water partition coefficient (Wildman–Crippen LogP) is 0.285. The number of hydrogen-bond acceptors (Lipinski definition) is 3. The first-order valence-corrected chi connectivity index (χ1v) is 5.98. The van der Waals surface area contributed by atoms with Crippen molar-refractivity contribution in [3.05, 3.63) is 35.6 Å². The van der Waals surface area contributed by atoms with Crippen LogP contribution in [-0.2, 0) is 14.4 Å². The van der Waals surface area contributed by atoms with E-state index < -0.39 is 35.6 Å². The Morgan fingerprint density at radius 2 is 2.05 bits per heavy atom. The van der Waals surface area contributed by atoms with Gasteiger partial charge in [-0.2, -0.15) is 0 Å². The number of benzene rings is 1. The van der Waals surface area contributed by atoms with Gasteiger partial charge in [-0.15, -0.1) is 0 Å². The Balaban J connectivity index is 2.36. The van der Waals surface area contributed by atoms with E-state index in [1.54, 1.807) is 0 Å². The third kappa shape index (κ3) is 2.47. The largest absolute Gasteiger partial charge is 0.479 e. The van der Waals surface area contributed by atoms with Gasteiger partial charge in [-0.05, 0) is 6.07 Å². The van der Waals surface area contributed by atoms with Crippen molar-refractivity contribution in [3.8, 4) is 0 Å². The fraction of sp³-hybridized carbons (Fsp3) is 0.308. The fourth-order valence-corrected chi connectivity index (χ4v) is 2.30. The average molecular weight is 280 g/mol. The van der Waals surface area contributed by atoms with Crippen LogP contribution in [0.4, 0.5) is 4.39 Å². The zero-order valence-electron chi connectivity index (χ0n) is 10.5. The lowest BCUT2D eigenvalue weighted by atomic mass is 10.0. The molecule has 7 heteroatoms. The van der Waals surface area contributed by atoms with Crippen molar-refractivity contribution in [1.82, 2.24) is 4.90 Å². The van der Waals surface area contributed by atoms with Gasteiger partial charge in [-0.1, -0.05) is 18.2 Å². The SMILES string of the molecule is NC(=O)C1CC(=O)N(C(C(=O)O)c2ccccc2F)C1. The van der Waals surface area contributed by atoms with Gasteiger partial charge >= 0.3 is 5.97 Å². The molecule has 1 aromatic rings. The molecule has 0 saturated carbocycles. The summed E-state index contributed by atoms with van der Waals surface area (Å²) in [7, 11) is 0. The standard InChI is InChI=1S/C13H13FN2O4/c14-9-4-2-1-3-8(9)11(13(19)20)16-6-7(12(15)18)5-10(16)17/h1-4,7,11H,5-6H2,(H2,15,18)(H,19,20). The van der Waals surface area contributed by atoms with Crippen LogP contribution in [0.25, 0.3) is 0 Å². The van der Waals surface area contributed by atoms with Gasteiger partial charge in [-0.25, -0.2) is 9.18 Å². The number of amides is 2. The van der Waals surface area contributed by atoms with Crippen molar-refractivity contribution in [1.29, 1.82) is 0 Å². The summed E-state index contributed by atoms with van der Waals surface area (Å²) in [4.78, 5) is 35.3. The minimum atomic E-state index is -1.45. The molecule has 0 spiro atoms. The summed E-state index contributed by atoms with van der Waals surface area (Å²) in [6, 6.07) is 3.89. The molecule has 1 aromatic carbocycles. The van der Waals surface area contributed by atoms with E-state index in [0.29, 0.717) is 0 Å². The number of nitrogens with zero attached hydrogens (tertiary/aromatic N) is 1. The lowest BCUT2D eigenvalue weighted by Crippen LogP contribution is -2.36. The first kappa shape index (κ1) is 14.0. The molecule has 2 rings (SSSR count). The molecule has 2 unspecified atom stereocenters. The highest BCUT2D eigenvalue weighted by Crippen LogP contribution is 2.30. The van der Waals surface area contributed by atoms with E-state index >= 15 is 0 Å². The molecule has 2 amide bonds. The summed E-state index contributed by atoms with van der Waals surface area (Å²) >= 11 is 0. The molecule has 0 radical (unpaired) electrons. The van der Waals surface area contributed by atoms with Gasteiger partial charge in [0, 0.05) is 18.5 Å². The molecule has 1 saturated heterocycles. The van der Waals surface area contributed by atoms with E-state index in [-0.39, 0.29) is 18.5 Å². The number of halogens is 1. The number of primary amides is 1. The number of carbonyl (C=O) groups is 3. The minimum Gasteiger partial charge on any atom is -0.479 e. The van der Waals surface area contributed by atoms with Crippen LogP contribution in [0.2, 0.25) is 0 Å². The number of nitrogens with two attached hydrogens (primary N) is 1. The van der Waals surface area contributed by atoms with E-state index in [1.165, 1.54) is 18.2 Å². The second kappa shape index (κ2) is 5.28. The van der Waals surface area contributed by atoms with Crippen LogP contribution in [0.5, 0.6) is 0 Å². The summed E-state index contributed by atoms with van der Waals surface area (Å²) in [5.41, 5.74) is 5.02. The van der Waals surface area contributed by atoms with Gasteiger partial charge in [0.2, 0.25) is 11.8 Å². The molecule has 106 valence electrons. The number of carboxylic acids is 1. The summed E-state index contributed by atoms with van der Waals surface area (Å²) in [5.74, 6) is -4.00.